The molecule has 0 aliphatic carbocycles. The van der Waals surface area contributed by atoms with E-state index in [0.29, 0.717) is 0 Å². The lowest BCUT2D eigenvalue weighted by molar-refractivity contribution is 0.304. The fourth-order valence-electron chi connectivity index (χ4n) is 0.663. The largest absolute Gasteiger partial charge is 0.293 e. The van der Waals surface area contributed by atoms with Crippen molar-refractivity contribution in [2.75, 3.05) is 20.3 Å². The van der Waals surface area contributed by atoms with Crippen LogP contribution in [-0.2, 0) is 0 Å². The second-order valence-electron chi connectivity index (χ2n) is 2.30. The molecule has 0 aliphatic heterocycles. The van der Waals surface area contributed by atoms with E-state index in [2.05, 4.69) is 24.3 Å². The van der Waals surface area contributed by atoms with E-state index in [4.69, 9.17) is 5.84 Å². The van der Waals surface area contributed by atoms with Crippen molar-refractivity contribution in [3.05, 3.63) is 0 Å². The van der Waals surface area contributed by atoms with Crippen molar-refractivity contribution in [1.82, 2.24) is 10.3 Å². The number of hydrazine groups is 1. The van der Waals surface area contributed by atoms with Crippen LogP contribution in [0.3, 0.4) is 0 Å². The van der Waals surface area contributed by atoms with Crippen molar-refractivity contribution in [1.29, 1.82) is 0 Å². The third-order valence-corrected chi connectivity index (χ3v) is 1.25. The van der Waals surface area contributed by atoms with Gasteiger partial charge in [0.25, 0.3) is 0 Å². The normalized spacial score (nSPS) is 10.7. The minimum atomic E-state index is 0.778. The molecule has 0 aromatic carbocycles. The number of nitrogens with two attached hydrogens (primary N) is 1. The van der Waals surface area contributed by atoms with Crippen LogP contribution in [0, 0.1) is 0 Å². The van der Waals surface area contributed by atoms with Gasteiger partial charge in [0.05, 0.1) is 6.67 Å². The van der Waals surface area contributed by atoms with Crippen LogP contribution in [0.5, 0.6) is 0 Å². The Hall–Kier alpha value is -0.120. The number of hydrogen-bond donors (Lipinski definition) is 2. The predicted molar refractivity (Wildman–Crippen MR) is 39.7 cm³/mol. The van der Waals surface area contributed by atoms with Crippen LogP contribution in [0.4, 0.5) is 0 Å². The Morgan fingerprint density at radius 3 is 2.67 bits per heavy atom. The number of nitrogens with zero attached hydrogens (tertiary/aromatic N) is 1. The third-order valence-electron chi connectivity index (χ3n) is 1.25. The minimum absolute atomic E-state index is 0.778. The molecular weight excluding hydrogens is 114 g/mol. The molecule has 0 radical (unpaired) electrons. The molecule has 3 nitrogen and oxygen atoms in total. The molecule has 0 unspecified atom stereocenters. The first-order valence-corrected chi connectivity index (χ1v) is 3.43. The third kappa shape index (κ3) is 5.76. The van der Waals surface area contributed by atoms with Gasteiger partial charge < -0.3 is 0 Å². The maximum absolute atomic E-state index is 5.11. The molecule has 0 aromatic heterocycles. The Balaban J connectivity index is 2.95. The van der Waals surface area contributed by atoms with E-state index < -0.39 is 0 Å². The topological polar surface area (TPSA) is 41.3 Å². The first-order chi connectivity index (χ1) is 4.31. The Kier molecular flexibility index (Phi) is 5.93. The number of rotatable bonds is 5. The molecule has 0 aliphatic rings. The number of nitrogens with one attached hydrogen (secondary N) is 1. The molecule has 0 fully saturated rings. The smallest absolute Gasteiger partial charge is 0.0609 e. The average Bonchev–Trinajstić information content (AvgIpc) is 1.85. The summed E-state index contributed by atoms with van der Waals surface area (Å²) < 4.78 is 0. The highest BCUT2D eigenvalue weighted by atomic mass is 15.3. The predicted octanol–water partition coefficient (Wildman–Crippen LogP) is 0.139. The van der Waals surface area contributed by atoms with Gasteiger partial charge in [-0.05, 0) is 20.0 Å². The number of hydrogen-bond acceptors (Lipinski definition) is 3. The van der Waals surface area contributed by atoms with Gasteiger partial charge in [0.2, 0.25) is 0 Å². The lowest BCUT2D eigenvalue weighted by Gasteiger charge is -2.14. The van der Waals surface area contributed by atoms with E-state index in [-0.39, 0.29) is 0 Å². The van der Waals surface area contributed by atoms with Crippen LogP contribution in [0.25, 0.3) is 0 Å². The molecule has 0 amide bonds. The highest BCUT2D eigenvalue weighted by molar-refractivity contribution is 4.45. The molecule has 0 heterocycles. The average molecular weight is 131 g/mol. The summed E-state index contributed by atoms with van der Waals surface area (Å²) in [5.74, 6) is 5.11. The molecule has 0 bridgehead atoms. The van der Waals surface area contributed by atoms with Crippen LogP contribution in [0.2, 0.25) is 0 Å². The van der Waals surface area contributed by atoms with Crippen LogP contribution >= 0.6 is 0 Å². The molecule has 0 saturated carbocycles. The van der Waals surface area contributed by atoms with Gasteiger partial charge in [-0.1, -0.05) is 13.3 Å². The molecule has 0 saturated heterocycles. The molecule has 56 valence electrons. The second kappa shape index (κ2) is 6.01. The van der Waals surface area contributed by atoms with E-state index in [1.807, 2.05) is 0 Å². The Labute approximate surface area is 57.2 Å². The summed E-state index contributed by atoms with van der Waals surface area (Å²) in [6.07, 6.45) is 2.49. The minimum Gasteiger partial charge on any atom is -0.293 e. The number of unbranched alkanes of at least 4 members (excludes halogenated alkanes) is 1. The first-order valence-electron chi connectivity index (χ1n) is 3.43. The van der Waals surface area contributed by atoms with Crippen molar-refractivity contribution >= 4 is 0 Å². The summed E-state index contributed by atoms with van der Waals surface area (Å²) in [6.45, 7) is 4.09. The molecule has 0 atom stereocenters. The lowest BCUT2D eigenvalue weighted by atomic mass is 10.3. The van der Waals surface area contributed by atoms with E-state index in [0.717, 1.165) is 13.2 Å². The standard InChI is InChI=1S/C6H17N3/c1-3-4-5-9(2)6-8-7/h8H,3-7H2,1-2H3. The van der Waals surface area contributed by atoms with Crippen molar-refractivity contribution in [3.63, 3.8) is 0 Å². The molecule has 9 heavy (non-hydrogen) atoms. The highest BCUT2D eigenvalue weighted by Crippen LogP contribution is 1.88. The Morgan fingerprint density at radius 1 is 1.56 bits per heavy atom. The zero-order valence-corrected chi connectivity index (χ0v) is 6.35. The van der Waals surface area contributed by atoms with E-state index in [1.54, 1.807) is 0 Å². The monoisotopic (exact) mass is 131 g/mol. The van der Waals surface area contributed by atoms with Gasteiger partial charge >= 0.3 is 0 Å². The van der Waals surface area contributed by atoms with E-state index in [1.165, 1.54) is 12.8 Å². The maximum atomic E-state index is 5.11. The van der Waals surface area contributed by atoms with Crippen LogP contribution in [0.15, 0.2) is 0 Å². The molecule has 0 aromatic rings. The quantitative estimate of drug-likeness (QED) is 0.317. The van der Waals surface area contributed by atoms with Gasteiger partial charge in [-0.2, -0.15) is 0 Å². The first kappa shape index (κ1) is 8.88. The Bertz CT molecular complexity index is 56.3. The van der Waals surface area contributed by atoms with Gasteiger partial charge in [0.1, 0.15) is 0 Å². The van der Waals surface area contributed by atoms with Gasteiger partial charge in [-0.15, -0.1) is 0 Å². The molecule has 3 N–H and O–H groups in total. The van der Waals surface area contributed by atoms with Crippen molar-refractivity contribution in [2.24, 2.45) is 5.84 Å². The van der Waals surface area contributed by atoms with Crippen LogP contribution in [0.1, 0.15) is 19.8 Å². The van der Waals surface area contributed by atoms with Crippen molar-refractivity contribution < 1.29 is 0 Å². The second-order valence-corrected chi connectivity index (χ2v) is 2.30. The van der Waals surface area contributed by atoms with Crippen molar-refractivity contribution in [2.45, 2.75) is 19.8 Å². The molecule has 0 spiro atoms. The summed E-state index contributed by atoms with van der Waals surface area (Å²) >= 11 is 0. The van der Waals surface area contributed by atoms with E-state index >= 15 is 0 Å². The van der Waals surface area contributed by atoms with Crippen molar-refractivity contribution in [3.8, 4) is 0 Å². The SMILES string of the molecule is CCCCN(C)CNN. The summed E-state index contributed by atoms with van der Waals surface area (Å²) in [7, 11) is 2.05. The lowest BCUT2D eigenvalue weighted by Crippen LogP contribution is -2.35. The highest BCUT2D eigenvalue weighted by Gasteiger charge is 1.92. The zero-order valence-electron chi connectivity index (χ0n) is 6.35. The zero-order chi connectivity index (χ0) is 7.11. The van der Waals surface area contributed by atoms with Crippen LogP contribution < -0.4 is 11.3 Å². The summed E-state index contributed by atoms with van der Waals surface area (Å²) in [4.78, 5) is 2.16. The molecule has 0 rings (SSSR count). The molecule has 3 heteroatoms. The fourth-order valence-corrected chi connectivity index (χ4v) is 0.663. The molecular formula is C6H17N3. The van der Waals surface area contributed by atoms with Gasteiger partial charge in [0.15, 0.2) is 0 Å². The van der Waals surface area contributed by atoms with Gasteiger partial charge in [0, 0.05) is 0 Å². The van der Waals surface area contributed by atoms with Crippen LogP contribution in [-0.4, -0.2) is 25.2 Å². The van der Waals surface area contributed by atoms with Gasteiger partial charge in [-0.25, -0.2) is 5.43 Å². The fraction of sp³-hybridized carbons (Fsp3) is 1.00. The van der Waals surface area contributed by atoms with E-state index in [9.17, 15) is 0 Å². The Morgan fingerprint density at radius 2 is 2.22 bits per heavy atom. The summed E-state index contributed by atoms with van der Waals surface area (Å²) in [5.41, 5.74) is 2.60. The summed E-state index contributed by atoms with van der Waals surface area (Å²) in [6, 6.07) is 0. The maximum Gasteiger partial charge on any atom is 0.0609 e. The summed E-state index contributed by atoms with van der Waals surface area (Å²) in [5, 5.41) is 0. The van der Waals surface area contributed by atoms with Gasteiger partial charge in [-0.3, -0.25) is 10.7 Å².